The fourth-order valence-corrected chi connectivity index (χ4v) is 0.0962. The Hall–Kier alpha value is -0.570. The van der Waals surface area contributed by atoms with E-state index in [0.29, 0.717) is 6.04 Å². The Morgan fingerprint density at radius 2 is 1.71 bits per heavy atom. The molecule has 1 saturated carbocycles. The maximum Gasteiger partial charge on any atom is 0.204 e. The average Bonchev–Trinajstić information content (AvgIpc) is 2.25. The van der Waals surface area contributed by atoms with Crippen molar-refractivity contribution in [1.82, 2.24) is 0 Å². The lowest BCUT2D eigenvalue weighted by molar-refractivity contribution is -0.106. The maximum atomic E-state index is 8.58. The molecule has 1 aliphatic carbocycles. The summed E-state index contributed by atoms with van der Waals surface area (Å²) < 4.78 is 0. The minimum absolute atomic E-state index is 0.250. The predicted molar refractivity (Wildman–Crippen MR) is 27.5 cm³/mol. The summed E-state index contributed by atoms with van der Waals surface area (Å²) in [5, 5.41) is 0. The maximum absolute atomic E-state index is 8.58. The molecule has 42 valence electrons. The molecule has 0 saturated heterocycles. The Kier molecular flexibility index (Phi) is 3.32. The highest BCUT2D eigenvalue weighted by Gasteiger charge is 2.13. The van der Waals surface area contributed by atoms with Crippen molar-refractivity contribution in [2.24, 2.45) is 11.5 Å². The van der Waals surface area contributed by atoms with Crippen LogP contribution in [0.3, 0.4) is 0 Å². The first-order valence-corrected chi connectivity index (χ1v) is 2.22. The van der Waals surface area contributed by atoms with Gasteiger partial charge in [0, 0.05) is 6.04 Å². The van der Waals surface area contributed by atoms with Gasteiger partial charge >= 0.3 is 0 Å². The van der Waals surface area contributed by atoms with Crippen LogP contribution in [-0.4, -0.2) is 12.5 Å². The number of hydrogen-bond acceptors (Lipinski definition) is 2. The van der Waals surface area contributed by atoms with E-state index in [0.717, 1.165) is 0 Å². The molecule has 0 aromatic heterocycles. The van der Waals surface area contributed by atoms with Crippen molar-refractivity contribution in [3.05, 3.63) is 0 Å². The van der Waals surface area contributed by atoms with Crippen LogP contribution < -0.4 is 11.5 Å². The van der Waals surface area contributed by atoms with Gasteiger partial charge in [-0.15, -0.1) is 0 Å². The first-order chi connectivity index (χ1) is 3.31. The van der Waals surface area contributed by atoms with Crippen molar-refractivity contribution >= 4 is 6.41 Å². The minimum atomic E-state index is 0.250. The molecule has 0 heterocycles. The van der Waals surface area contributed by atoms with Crippen LogP contribution in [0.2, 0.25) is 0 Å². The van der Waals surface area contributed by atoms with Gasteiger partial charge in [0.25, 0.3) is 0 Å². The van der Waals surface area contributed by atoms with Crippen LogP contribution in [0.15, 0.2) is 0 Å². The van der Waals surface area contributed by atoms with E-state index >= 15 is 0 Å². The first kappa shape index (κ1) is 6.43. The zero-order valence-corrected chi connectivity index (χ0v) is 4.13. The predicted octanol–water partition coefficient (Wildman–Crippen LogP) is -0.791. The molecule has 1 fully saturated rings. The molecule has 1 amide bonds. The largest absolute Gasteiger partial charge is 0.372 e. The van der Waals surface area contributed by atoms with Gasteiger partial charge in [0.2, 0.25) is 6.41 Å². The van der Waals surface area contributed by atoms with E-state index in [2.05, 4.69) is 5.73 Å². The lowest BCUT2D eigenvalue weighted by Gasteiger charge is -1.58. The molecule has 0 atom stereocenters. The summed E-state index contributed by atoms with van der Waals surface area (Å²) in [7, 11) is 0. The monoisotopic (exact) mass is 102 g/mol. The van der Waals surface area contributed by atoms with Crippen molar-refractivity contribution < 1.29 is 4.79 Å². The van der Waals surface area contributed by atoms with E-state index in [1.54, 1.807) is 0 Å². The number of carbonyl (C=O) groups is 1. The molecule has 0 aromatic carbocycles. The van der Waals surface area contributed by atoms with Crippen molar-refractivity contribution in [1.29, 1.82) is 0 Å². The highest BCUT2D eigenvalue weighted by atomic mass is 16.1. The van der Waals surface area contributed by atoms with Gasteiger partial charge in [-0.05, 0) is 12.8 Å². The van der Waals surface area contributed by atoms with Crippen LogP contribution in [0.5, 0.6) is 0 Å². The summed E-state index contributed by atoms with van der Waals surface area (Å²) in [6.45, 7) is 0. The SMILES string of the molecule is NC1CC1.NC=O. The number of nitrogens with two attached hydrogens (primary N) is 2. The lowest BCUT2D eigenvalue weighted by Crippen LogP contribution is -1.94. The third-order valence-electron chi connectivity index (χ3n) is 0.622. The van der Waals surface area contributed by atoms with E-state index in [4.69, 9.17) is 10.5 Å². The van der Waals surface area contributed by atoms with Gasteiger partial charge in [-0.1, -0.05) is 0 Å². The van der Waals surface area contributed by atoms with Gasteiger partial charge < -0.3 is 11.5 Å². The van der Waals surface area contributed by atoms with E-state index in [9.17, 15) is 0 Å². The molecule has 7 heavy (non-hydrogen) atoms. The van der Waals surface area contributed by atoms with Crippen molar-refractivity contribution in [3.8, 4) is 0 Å². The number of hydrogen-bond donors (Lipinski definition) is 2. The Balaban J connectivity index is 0.000000110. The van der Waals surface area contributed by atoms with Gasteiger partial charge in [-0.25, -0.2) is 0 Å². The Morgan fingerprint density at radius 1 is 1.57 bits per heavy atom. The van der Waals surface area contributed by atoms with Gasteiger partial charge in [0.1, 0.15) is 0 Å². The molecule has 0 unspecified atom stereocenters. The van der Waals surface area contributed by atoms with Crippen LogP contribution in [0.1, 0.15) is 12.8 Å². The fourth-order valence-electron chi connectivity index (χ4n) is 0.0962. The van der Waals surface area contributed by atoms with Gasteiger partial charge in [0.05, 0.1) is 0 Å². The van der Waals surface area contributed by atoms with Crippen LogP contribution in [0.4, 0.5) is 0 Å². The smallest absolute Gasteiger partial charge is 0.204 e. The third kappa shape index (κ3) is 10.8. The van der Waals surface area contributed by atoms with Gasteiger partial charge in [0.15, 0.2) is 0 Å². The van der Waals surface area contributed by atoms with E-state index in [-0.39, 0.29) is 6.41 Å². The highest BCUT2D eigenvalue weighted by molar-refractivity contribution is 5.42. The Bertz CT molecular complexity index is 51.7. The normalized spacial score (nSPS) is 16.7. The van der Waals surface area contributed by atoms with Crippen LogP contribution in [0.25, 0.3) is 0 Å². The zero-order chi connectivity index (χ0) is 5.70. The Labute approximate surface area is 42.7 Å². The summed E-state index contributed by atoms with van der Waals surface area (Å²) in [6, 6.07) is 0.583. The molecular weight excluding hydrogens is 92.1 g/mol. The Morgan fingerprint density at radius 3 is 1.71 bits per heavy atom. The molecule has 0 radical (unpaired) electrons. The summed E-state index contributed by atoms with van der Waals surface area (Å²) >= 11 is 0. The summed E-state index contributed by atoms with van der Waals surface area (Å²) in [6.07, 6.45) is 2.78. The van der Waals surface area contributed by atoms with E-state index in [1.165, 1.54) is 12.8 Å². The number of amides is 1. The van der Waals surface area contributed by atoms with Crippen molar-refractivity contribution in [3.63, 3.8) is 0 Å². The third-order valence-corrected chi connectivity index (χ3v) is 0.622. The number of rotatable bonds is 0. The van der Waals surface area contributed by atoms with Crippen LogP contribution in [-0.2, 0) is 4.79 Å². The molecule has 0 spiro atoms. The van der Waals surface area contributed by atoms with Gasteiger partial charge in [-0.3, -0.25) is 4.79 Å². The van der Waals surface area contributed by atoms with Crippen molar-refractivity contribution in [2.75, 3.05) is 0 Å². The molecule has 4 N–H and O–H groups in total. The van der Waals surface area contributed by atoms with Gasteiger partial charge in [-0.2, -0.15) is 0 Å². The molecule has 0 aromatic rings. The van der Waals surface area contributed by atoms with E-state index < -0.39 is 0 Å². The van der Waals surface area contributed by atoms with Crippen molar-refractivity contribution in [2.45, 2.75) is 18.9 Å². The second-order valence-electron chi connectivity index (χ2n) is 1.47. The fraction of sp³-hybridized carbons (Fsp3) is 0.750. The van der Waals surface area contributed by atoms with E-state index in [1.807, 2.05) is 0 Å². The first-order valence-electron chi connectivity index (χ1n) is 2.22. The molecule has 3 heteroatoms. The molecule has 0 bridgehead atoms. The standard InChI is InChI=1S/C3H7N.CH3NO/c4-3-1-2-3;2-1-3/h3H,1-2,4H2;1H,(H2,2,3). The second kappa shape index (κ2) is 3.61. The minimum Gasteiger partial charge on any atom is -0.372 e. The summed E-state index contributed by atoms with van der Waals surface area (Å²) in [4.78, 5) is 8.58. The molecule has 1 rings (SSSR count). The highest BCUT2D eigenvalue weighted by Crippen LogP contribution is 2.13. The summed E-state index contributed by atoms with van der Waals surface area (Å²) in [5.41, 5.74) is 9.39. The van der Waals surface area contributed by atoms with Crippen LogP contribution in [0, 0.1) is 0 Å². The number of primary amides is 1. The quantitative estimate of drug-likeness (QED) is 0.393. The van der Waals surface area contributed by atoms with Crippen LogP contribution >= 0.6 is 0 Å². The molecule has 0 aliphatic heterocycles. The lowest BCUT2D eigenvalue weighted by atomic mass is 10.8. The zero-order valence-electron chi connectivity index (χ0n) is 4.13. The molecule has 3 nitrogen and oxygen atoms in total. The number of carbonyl (C=O) groups excluding carboxylic acids is 1. The summed E-state index contributed by atoms with van der Waals surface area (Å²) in [5.74, 6) is 0. The molecular formula is C4H10N2O. The average molecular weight is 102 g/mol. The topological polar surface area (TPSA) is 69.1 Å². The second-order valence-corrected chi connectivity index (χ2v) is 1.47. The molecule has 1 aliphatic rings.